The number of ether oxygens (including phenoxy) is 2. The van der Waals surface area contributed by atoms with Gasteiger partial charge >= 0.3 is 0 Å². The molecule has 0 unspecified atom stereocenters. The van der Waals surface area contributed by atoms with Crippen LogP contribution in [0.4, 0.5) is 5.69 Å². The zero-order valence-electron chi connectivity index (χ0n) is 16.7. The van der Waals surface area contributed by atoms with Crippen molar-refractivity contribution in [3.05, 3.63) is 83.7 Å². The van der Waals surface area contributed by atoms with Crippen LogP contribution in [-0.2, 0) is 0 Å². The van der Waals surface area contributed by atoms with E-state index in [2.05, 4.69) is 20.3 Å². The minimum absolute atomic E-state index is 0.329. The topological polar surface area (TPSA) is 91.2 Å². The van der Waals surface area contributed by atoms with Crippen LogP contribution in [0.2, 0.25) is 5.02 Å². The number of hydrogen-bond donors (Lipinski definition) is 1. The largest absolute Gasteiger partial charge is 0.496 e. The Bertz CT molecular complexity index is 1210. The van der Waals surface area contributed by atoms with E-state index < -0.39 is 0 Å². The molecule has 0 radical (unpaired) electrons. The van der Waals surface area contributed by atoms with Crippen molar-refractivity contribution in [2.45, 2.75) is 6.92 Å². The number of methoxy groups -OCH3 is 1. The Morgan fingerprint density at radius 2 is 1.90 bits per heavy atom. The van der Waals surface area contributed by atoms with Gasteiger partial charge in [0, 0.05) is 29.2 Å². The van der Waals surface area contributed by atoms with Crippen LogP contribution in [0, 0.1) is 6.92 Å². The fourth-order valence-electron chi connectivity index (χ4n) is 2.89. The monoisotopic (exact) mass is 435 g/mol. The van der Waals surface area contributed by atoms with Crippen molar-refractivity contribution in [3.63, 3.8) is 0 Å². The Morgan fingerprint density at radius 3 is 2.61 bits per heavy atom. The fraction of sp³-hybridized carbons (Fsp3) is 0.0909. The number of aryl methyl sites for hydroxylation is 1. The number of nitrogens with zero attached hydrogens (tertiary/aromatic N) is 4. The molecule has 0 bridgehead atoms. The molecule has 2 heterocycles. The van der Waals surface area contributed by atoms with E-state index >= 15 is 0 Å². The normalized spacial score (nSPS) is 10.5. The number of imidazole rings is 1. The van der Waals surface area contributed by atoms with Gasteiger partial charge in [-0.05, 0) is 49.4 Å². The van der Waals surface area contributed by atoms with Crippen LogP contribution in [0.1, 0.15) is 16.2 Å². The van der Waals surface area contributed by atoms with Crippen LogP contribution in [0.3, 0.4) is 0 Å². The molecule has 0 fully saturated rings. The van der Waals surface area contributed by atoms with Gasteiger partial charge in [-0.15, -0.1) is 0 Å². The van der Waals surface area contributed by atoms with Gasteiger partial charge in [0.05, 0.1) is 12.7 Å². The molecule has 1 N–H and O–H groups in total. The van der Waals surface area contributed by atoms with Crippen molar-refractivity contribution in [1.29, 1.82) is 0 Å². The molecule has 4 aromatic rings. The van der Waals surface area contributed by atoms with Gasteiger partial charge in [-0.3, -0.25) is 9.36 Å². The van der Waals surface area contributed by atoms with E-state index in [1.165, 1.54) is 7.11 Å². The fourth-order valence-corrected chi connectivity index (χ4v) is 3.06. The van der Waals surface area contributed by atoms with E-state index in [0.29, 0.717) is 45.3 Å². The zero-order chi connectivity index (χ0) is 21.8. The van der Waals surface area contributed by atoms with Gasteiger partial charge in [-0.2, -0.15) is 4.98 Å². The van der Waals surface area contributed by atoms with Crippen molar-refractivity contribution in [2.75, 3.05) is 12.4 Å². The molecule has 0 saturated heterocycles. The average Bonchev–Trinajstić information content (AvgIpc) is 3.30. The first kappa shape index (κ1) is 20.4. The van der Waals surface area contributed by atoms with Gasteiger partial charge in [0.2, 0.25) is 5.88 Å². The summed E-state index contributed by atoms with van der Waals surface area (Å²) in [6.45, 7) is 1.79. The second-order valence-electron chi connectivity index (χ2n) is 6.51. The SMILES string of the molecule is COc1ccc(Cl)cc1C(=O)Nc1ccc(Oc2cc(-n3ccnc3)nc(C)n2)cc1. The molecule has 31 heavy (non-hydrogen) atoms. The zero-order valence-corrected chi connectivity index (χ0v) is 17.5. The molecular weight excluding hydrogens is 418 g/mol. The van der Waals surface area contributed by atoms with Crippen molar-refractivity contribution >= 4 is 23.2 Å². The van der Waals surface area contributed by atoms with E-state index in [1.54, 1.807) is 78.7 Å². The van der Waals surface area contributed by atoms with Crippen molar-refractivity contribution in [1.82, 2.24) is 19.5 Å². The molecule has 0 aliphatic heterocycles. The third-order valence-corrected chi connectivity index (χ3v) is 4.55. The Morgan fingerprint density at radius 1 is 1.10 bits per heavy atom. The Hall–Kier alpha value is -3.91. The Kier molecular flexibility index (Phi) is 5.81. The number of nitrogens with one attached hydrogen (secondary N) is 1. The highest BCUT2D eigenvalue weighted by atomic mass is 35.5. The standard InChI is InChI=1S/C22H18ClN5O3/c1-14-25-20(28-10-9-24-13-28)12-21(26-14)31-17-6-4-16(5-7-17)27-22(29)18-11-15(23)3-8-19(18)30-2/h3-13H,1-2H3,(H,27,29). The number of amides is 1. The molecule has 156 valence electrons. The first-order valence-corrected chi connectivity index (χ1v) is 9.66. The third-order valence-electron chi connectivity index (χ3n) is 4.31. The van der Waals surface area contributed by atoms with Crippen LogP contribution in [0.15, 0.2) is 67.3 Å². The van der Waals surface area contributed by atoms with Crippen molar-refractivity contribution in [3.8, 4) is 23.2 Å². The summed E-state index contributed by atoms with van der Waals surface area (Å²) < 4.78 is 12.9. The minimum Gasteiger partial charge on any atom is -0.496 e. The van der Waals surface area contributed by atoms with Crippen LogP contribution >= 0.6 is 11.6 Å². The van der Waals surface area contributed by atoms with Crippen LogP contribution in [-0.4, -0.2) is 32.5 Å². The lowest BCUT2D eigenvalue weighted by Gasteiger charge is -2.11. The lowest BCUT2D eigenvalue weighted by atomic mass is 10.2. The maximum absolute atomic E-state index is 12.6. The summed E-state index contributed by atoms with van der Waals surface area (Å²) in [4.78, 5) is 25.3. The molecule has 0 aliphatic carbocycles. The second-order valence-corrected chi connectivity index (χ2v) is 6.94. The number of carbonyl (C=O) groups excluding carboxylic acids is 1. The van der Waals surface area contributed by atoms with E-state index in [1.807, 2.05) is 0 Å². The highest BCUT2D eigenvalue weighted by Gasteiger charge is 2.13. The highest BCUT2D eigenvalue weighted by molar-refractivity contribution is 6.31. The molecule has 8 nitrogen and oxygen atoms in total. The predicted molar refractivity (Wildman–Crippen MR) is 116 cm³/mol. The van der Waals surface area contributed by atoms with E-state index in [9.17, 15) is 4.79 Å². The summed E-state index contributed by atoms with van der Waals surface area (Å²) in [6.07, 6.45) is 5.11. The Labute approximate surface area is 183 Å². The van der Waals surface area contributed by atoms with Crippen molar-refractivity contribution in [2.24, 2.45) is 0 Å². The van der Waals surface area contributed by atoms with Crippen molar-refractivity contribution < 1.29 is 14.3 Å². The number of hydrogen-bond acceptors (Lipinski definition) is 6. The summed E-state index contributed by atoms with van der Waals surface area (Å²) in [6, 6.07) is 13.5. The number of halogens is 1. The summed E-state index contributed by atoms with van der Waals surface area (Å²) in [5.74, 6) is 2.30. The third kappa shape index (κ3) is 4.81. The quantitative estimate of drug-likeness (QED) is 0.473. The second kappa shape index (κ2) is 8.85. The van der Waals surface area contributed by atoms with E-state index in [0.717, 1.165) is 0 Å². The molecule has 0 aliphatic rings. The van der Waals surface area contributed by atoms with Gasteiger partial charge in [0.25, 0.3) is 5.91 Å². The highest BCUT2D eigenvalue weighted by Crippen LogP contribution is 2.26. The van der Waals surface area contributed by atoms with Crippen LogP contribution in [0.25, 0.3) is 5.82 Å². The molecular formula is C22H18ClN5O3. The number of aromatic nitrogens is 4. The summed E-state index contributed by atoms with van der Waals surface area (Å²) in [5, 5.41) is 3.27. The molecule has 0 spiro atoms. The van der Waals surface area contributed by atoms with Gasteiger partial charge in [0.15, 0.2) is 0 Å². The van der Waals surface area contributed by atoms with Gasteiger partial charge in [-0.25, -0.2) is 9.97 Å². The average molecular weight is 436 g/mol. The van der Waals surface area contributed by atoms with Gasteiger partial charge in [-0.1, -0.05) is 11.6 Å². The summed E-state index contributed by atoms with van der Waals surface area (Å²) in [5.41, 5.74) is 0.941. The first-order valence-electron chi connectivity index (χ1n) is 9.28. The maximum Gasteiger partial charge on any atom is 0.259 e. The van der Waals surface area contributed by atoms with Crippen LogP contribution in [0.5, 0.6) is 17.4 Å². The number of anilines is 1. The molecule has 4 rings (SSSR count). The molecule has 0 saturated carbocycles. The Balaban J connectivity index is 1.48. The molecule has 9 heteroatoms. The van der Waals surface area contributed by atoms with E-state index in [4.69, 9.17) is 21.1 Å². The lowest BCUT2D eigenvalue weighted by molar-refractivity contribution is 0.102. The number of rotatable bonds is 6. The smallest absolute Gasteiger partial charge is 0.259 e. The number of benzene rings is 2. The predicted octanol–water partition coefficient (Wildman–Crippen LogP) is 4.68. The minimum atomic E-state index is -0.329. The van der Waals surface area contributed by atoms with Crippen LogP contribution < -0.4 is 14.8 Å². The maximum atomic E-state index is 12.6. The van der Waals surface area contributed by atoms with Gasteiger partial charge < -0.3 is 14.8 Å². The molecule has 0 atom stereocenters. The van der Waals surface area contributed by atoms with Gasteiger partial charge in [0.1, 0.15) is 29.5 Å². The molecule has 2 aromatic heterocycles. The summed E-state index contributed by atoms with van der Waals surface area (Å²) in [7, 11) is 1.50. The number of carbonyl (C=O) groups is 1. The lowest BCUT2D eigenvalue weighted by Crippen LogP contribution is -2.13. The summed E-state index contributed by atoms with van der Waals surface area (Å²) >= 11 is 6.01. The molecule has 1 amide bonds. The van der Waals surface area contributed by atoms with E-state index in [-0.39, 0.29) is 5.91 Å². The first-order chi connectivity index (χ1) is 15.0. The molecule has 2 aromatic carbocycles.